The van der Waals surface area contributed by atoms with Gasteiger partial charge in [0.25, 0.3) is 0 Å². The summed E-state index contributed by atoms with van der Waals surface area (Å²) in [5.74, 6) is 0. The predicted molar refractivity (Wildman–Crippen MR) is 76.4 cm³/mol. The molecule has 0 radical (unpaired) electrons. The highest BCUT2D eigenvalue weighted by atomic mass is 32.1. The molecular weight excluding hydrogens is 260 g/mol. The molecule has 0 spiro atoms. The van der Waals surface area contributed by atoms with E-state index in [1.165, 1.54) is 30.8 Å². The Bertz CT molecular complexity index is 577. The average Bonchev–Trinajstić information content (AvgIpc) is 2.87. The number of aromatic nitrogens is 2. The van der Waals surface area contributed by atoms with Gasteiger partial charge >= 0.3 is 6.03 Å². The van der Waals surface area contributed by atoms with Gasteiger partial charge in [-0.2, -0.15) is 0 Å². The SMILES string of the molecule is O=C(Nc1ccc2snnc2c1)NC1CCCCC1. The van der Waals surface area contributed by atoms with Crippen molar-refractivity contribution in [3.8, 4) is 0 Å². The van der Waals surface area contributed by atoms with Crippen LogP contribution >= 0.6 is 11.5 Å². The van der Waals surface area contributed by atoms with Gasteiger partial charge in [-0.3, -0.25) is 0 Å². The third kappa shape index (κ3) is 3.01. The first-order valence-corrected chi connectivity index (χ1v) is 7.38. The van der Waals surface area contributed by atoms with E-state index in [0.717, 1.165) is 28.7 Å². The third-order valence-corrected chi connectivity index (χ3v) is 4.15. The van der Waals surface area contributed by atoms with Crippen LogP contribution in [0.4, 0.5) is 10.5 Å². The van der Waals surface area contributed by atoms with Gasteiger partial charge in [-0.1, -0.05) is 23.8 Å². The molecule has 2 aromatic rings. The summed E-state index contributed by atoms with van der Waals surface area (Å²) in [5.41, 5.74) is 1.58. The maximum atomic E-state index is 11.9. The molecule has 0 bridgehead atoms. The number of rotatable bonds is 2. The van der Waals surface area contributed by atoms with Gasteiger partial charge in [0.05, 0.1) is 4.70 Å². The van der Waals surface area contributed by atoms with Crippen LogP contribution in [0, 0.1) is 0 Å². The molecule has 2 N–H and O–H groups in total. The Morgan fingerprint density at radius 3 is 2.95 bits per heavy atom. The molecule has 1 aliphatic rings. The lowest BCUT2D eigenvalue weighted by atomic mass is 9.96. The van der Waals surface area contributed by atoms with Crippen LogP contribution < -0.4 is 10.6 Å². The number of hydrogen-bond donors (Lipinski definition) is 2. The first-order valence-electron chi connectivity index (χ1n) is 6.61. The second kappa shape index (κ2) is 5.52. The lowest BCUT2D eigenvalue weighted by Gasteiger charge is -2.22. The molecule has 2 amide bonds. The van der Waals surface area contributed by atoms with Crippen molar-refractivity contribution in [2.75, 3.05) is 5.32 Å². The second-order valence-corrected chi connectivity index (χ2v) is 5.67. The summed E-state index contributed by atoms with van der Waals surface area (Å²) in [6.45, 7) is 0. The first kappa shape index (κ1) is 12.3. The highest BCUT2D eigenvalue weighted by Gasteiger charge is 2.15. The fourth-order valence-electron chi connectivity index (χ4n) is 2.46. The summed E-state index contributed by atoms with van der Waals surface area (Å²) >= 11 is 1.35. The quantitative estimate of drug-likeness (QED) is 0.885. The molecule has 0 saturated heterocycles. The van der Waals surface area contributed by atoms with E-state index >= 15 is 0 Å². The number of urea groups is 1. The molecule has 1 aliphatic carbocycles. The minimum Gasteiger partial charge on any atom is -0.335 e. The Morgan fingerprint density at radius 1 is 1.26 bits per heavy atom. The molecule has 1 heterocycles. The van der Waals surface area contributed by atoms with Gasteiger partial charge in [0.1, 0.15) is 5.52 Å². The number of amides is 2. The minimum absolute atomic E-state index is 0.130. The molecule has 19 heavy (non-hydrogen) atoms. The van der Waals surface area contributed by atoms with E-state index in [-0.39, 0.29) is 6.03 Å². The molecule has 0 unspecified atom stereocenters. The van der Waals surface area contributed by atoms with Crippen molar-refractivity contribution in [3.63, 3.8) is 0 Å². The Morgan fingerprint density at radius 2 is 2.11 bits per heavy atom. The summed E-state index contributed by atoms with van der Waals surface area (Å²) in [5, 5.41) is 9.88. The standard InChI is InChI=1S/C13H16N4OS/c18-13(14-9-4-2-1-3-5-9)15-10-6-7-12-11(8-10)16-17-19-12/h6-9H,1-5H2,(H2,14,15,18). The number of carbonyl (C=O) groups excluding carboxylic acids is 1. The molecule has 0 atom stereocenters. The Balaban J connectivity index is 1.61. The fourth-order valence-corrected chi connectivity index (χ4v) is 3.00. The number of hydrogen-bond acceptors (Lipinski definition) is 4. The van der Waals surface area contributed by atoms with Crippen molar-refractivity contribution in [1.29, 1.82) is 0 Å². The van der Waals surface area contributed by atoms with E-state index in [1.54, 1.807) is 0 Å². The maximum absolute atomic E-state index is 11.9. The topological polar surface area (TPSA) is 66.9 Å². The highest BCUT2D eigenvalue weighted by Crippen LogP contribution is 2.20. The summed E-state index contributed by atoms with van der Waals surface area (Å²) in [6, 6.07) is 5.84. The molecule has 1 aromatic heterocycles. The van der Waals surface area contributed by atoms with Gasteiger partial charge in [-0.05, 0) is 42.6 Å². The van der Waals surface area contributed by atoms with Crippen molar-refractivity contribution in [3.05, 3.63) is 18.2 Å². The van der Waals surface area contributed by atoms with Crippen molar-refractivity contribution in [2.45, 2.75) is 38.1 Å². The molecule has 0 aliphatic heterocycles. The van der Waals surface area contributed by atoms with Crippen molar-refractivity contribution < 1.29 is 4.79 Å². The number of benzene rings is 1. The van der Waals surface area contributed by atoms with Gasteiger partial charge < -0.3 is 10.6 Å². The molecule has 3 rings (SSSR count). The molecular formula is C13H16N4OS. The first-order chi connectivity index (χ1) is 9.31. The van der Waals surface area contributed by atoms with E-state index in [0.29, 0.717) is 6.04 Å². The van der Waals surface area contributed by atoms with E-state index in [9.17, 15) is 4.79 Å². The summed E-state index contributed by atoms with van der Waals surface area (Å²) in [4.78, 5) is 11.9. The lowest BCUT2D eigenvalue weighted by Crippen LogP contribution is -2.38. The van der Waals surface area contributed by atoms with Crippen molar-refractivity contribution >= 4 is 33.5 Å². The highest BCUT2D eigenvalue weighted by molar-refractivity contribution is 7.12. The molecule has 5 nitrogen and oxygen atoms in total. The van der Waals surface area contributed by atoms with Crippen LogP contribution in [0.25, 0.3) is 10.2 Å². The maximum Gasteiger partial charge on any atom is 0.319 e. The van der Waals surface area contributed by atoms with Gasteiger partial charge in [-0.15, -0.1) is 5.10 Å². The number of nitrogens with one attached hydrogen (secondary N) is 2. The van der Waals surface area contributed by atoms with Crippen LogP contribution in [-0.2, 0) is 0 Å². The van der Waals surface area contributed by atoms with Gasteiger partial charge in [0.15, 0.2) is 0 Å². The molecule has 1 fully saturated rings. The van der Waals surface area contributed by atoms with Gasteiger partial charge in [0.2, 0.25) is 0 Å². The Labute approximate surface area is 115 Å². The second-order valence-electron chi connectivity index (χ2n) is 4.89. The van der Waals surface area contributed by atoms with E-state index in [4.69, 9.17) is 0 Å². The molecule has 6 heteroatoms. The number of nitrogens with zero attached hydrogens (tertiary/aromatic N) is 2. The fraction of sp³-hybridized carbons (Fsp3) is 0.462. The van der Waals surface area contributed by atoms with Crippen molar-refractivity contribution in [2.24, 2.45) is 0 Å². The van der Waals surface area contributed by atoms with Crippen LogP contribution in [-0.4, -0.2) is 21.7 Å². The van der Waals surface area contributed by atoms with Crippen LogP contribution in [0.1, 0.15) is 32.1 Å². The predicted octanol–water partition coefficient (Wildman–Crippen LogP) is 3.15. The third-order valence-electron chi connectivity index (χ3n) is 3.44. The zero-order valence-corrected chi connectivity index (χ0v) is 11.4. The monoisotopic (exact) mass is 276 g/mol. The smallest absolute Gasteiger partial charge is 0.319 e. The van der Waals surface area contributed by atoms with Crippen LogP contribution in [0.15, 0.2) is 18.2 Å². The molecule has 1 aromatic carbocycles. The number of fused-ring (bicyclic) bond motifs is 1. The largest absolute Gasteiger partial charge is 0.335 e. The summed E-state index contributed by atoms with van der Waals surface area (Å²) in [6.07, 6.45) is 5.88. The van der Waals surface area contributed by atoms with E-state index in [2.05, 4.69) is 20.2 Å². The number of carbonyl (C=O) groups is 1. The summed E-state index contributed by atoms with van der Waals surface area (Å²) < 4.78 is 4.90. The van der Waals surface area contributed by atoms with Crippen molar-refractivity contribution in [1.82, 2.24) is 14.9 Å². The van der Waals surface area contributed by atoms with Gasteiger partial charge in [0, 0.05) is 11.7 Å². The van der Waals surface area contributed by atoms with E-state index in [1.807, 2.05) is 18.2 Å². The summed E-state index contributed by atoms with van der Waals surface area (Å²) in [7, 11) is 0. The zero-order valence-electron chi connectivity index (χ0n) is 10.6. The molecule has 100 valence electrons. The normalized spacial score (nSPS) is 16.4. The Kier molecular flexibility index (Phi) is 3.59. The van der Waals surface area contributed by atoms with Crippen LogP contribution in [0.5, 0.6) is 0 Å². The lowest BCUT2D eigenvalue weighted by molar-refractivity contribution is 0.244. The van der Waals surface area contributed by atoms with E-state index < -0.39 is 0 Å². The zero-order chi connectivity index (χ0) is 13.1. The van der Waals surface area contributed by atoms with Crippen LogP contribution in [0.2, 0.25) is 0 Å². The van der Waals surface area contributed by atoms with Gasteiger partial charge in [-0.25, -0.2) is 4.79 Å². The Hall–Kier alpha value is -1.69. The number of anilines is 1. The average molecular weight is 276 g/mol. The molecule has 1 saturated carbocycles. The minimum atomic E-state index is -0.130. The van der Waals surface area contributed by atoms with Crippen LogP contribution in [0.3, 0.4) is 0 Å².